The largest absolute Gasteiger partial charge is 0.353 e. The highest BCUT2D eigenvalue weighted by Gasteiger charge is 2.12. The van der Waals surface area contributed by atoms with Gasteiger partial charge in [0.2, 0.25) is 0 Å². The van der Waals surface area contributed by atoms with Crippen molar-refractivity contribution in [2.24, 2.45) is 0 Å². The standard InChI is InChI=1S/C16H28O2/c1-2-3-4-5-6-7-8-9-11-14-17-16-13-10-12-15-18-16/h16H,2-5,8-15H2,1H3. The lowest BCUT2D eigenvalue weighted by Crippen LogP contribution is -2.22. The highest BCUT2D eigenvalue weighted by molar-refractivity contribution is 4.98. The van der Waals surface area contributed by atoms with E-state index in [4.69, 9.17) is 9.47 Å². The van der Waals surface area contributed by atoms with Crippen LogP contribution in [0.1, 0.15) is 71.1 Å². The lowest BCUT2D eigenvalue weighted by molar-refractivity contribution is -0.162. The van der Waals surface area contributed by atoms with Gasteiger partial charge in [-0.25, -0.2) is 0 Å². The van der Waals surface area contributed by atoms with E-state index in [1.165, 1.54) is 32.1 Å². The molecule has 18 heavy (non-hydrogen) atoms. The fourth-order valence-corrected chi connectivity index (χ4v) is 2.01. The van der Waals surface area contributed by atoms with Gasteiger partial charge in [0.25, 0.3) is 0 Å². The molecule has 1 fully saturated rings. The summed E-state index contributed by atoms with van der Waals surface area (Å²) in [6.07, 6.45) is 11.7. The van der Waals surface area contributed by atoms with E-state index in [0.717, 1.165) is 45.3 Å². The van der Waals surface area contributed by atoms with Crippen molar-refractivity contribution in [1.82, 2.24) is 0 Å². The number of hydrogen-bond acceptors (Lipinski definition) is 2. The molecule has 0 radical (unpaired) electrons. The molecule has 0 spiro atoms. The normalized spacial score (nSPS) is 19.3. The zero-order valence-corrected chi connectivity index (χ0v) is 11.9. The summed E-state index contributed by atoms with van der Waals surface area (Å²) in [7, 11) is 0. The molecule has 1 aliphatic heterocycles. The van der Waals surface area contributed by atoms with Gasteiger partial charge in [0.05, 0.1) is 0 Å². The third-order valence-electron chi connectivity index (χ3n) is 3.17. The predicted octanol–water partition coefficient (Wildman–Crippen LogP) is 4.28. The summed E-state index contributed by atoms with van der Waals surface area (Å²) in [6, 6.07) is 0. The molecule has 2 heteroatoms. The summed E-state index contributed by atoms with van der Waals surface area (Å²) >= 11 is 0. The Morgan fingerprint density at radius 1 is 1.06 bits per heavy atom. The number of hydrogen-bond donors (Lipinski definition) is 0. The van der Waals surface area contributed by atoms with Crippen molar-refractivity contribution in [2.45, 2.75) is 77.4 Å². The molecular formula is C16H28O2. The molecule has 1 rings (SSSR count). The van der Waals surface area contributed by atoms with Crippen molar-refractivity contribution in [1.29, 1.82) is 0 Å². The predicted molar refractivity (Wildman–Crippen MR) is 75.3 cm³/mol. The molecule has 1 atom stereocenters. The highest BCUT2D eigenvalue weighted by atomic mass is 16.7. The molecule has 0 aliphatic carbocycles. The first-order valence-electron chi connectivity index (χ1n) is 7.62. The van der Waals surface area contributed by atoms with Gasteiger partial charge in [-0.1, -0.05) is 19.8 Å². The van der Waals surface area contributed by atoms with Crippen LogP contribution in [-0.4, -0.2) is 19.5 Å². The van der Waals surface area contributed by atoms with E-state index in [2.05, 4.69) is 18.8 Å². The minimum absolute atomic E-state index is 0.0684. The molecule has 0 aromatic heterocycles. The average molecular weight is 252 g/mol. The molecule has 0 amide bonds. The Hall–Kier alpha value is -0.520. The topological polar surface area (TPSA) is 18.5 Å². The zero-order chi connectivity index (χ0) is 12.9. The van der Waals surface area contributed by atoms with Crippen LogP contribution in [0.15, 0.2) is 0 Å². The van der Waals surface area contributed by atoms with Crippen LogP contribution in [0.5, 0.6) is 0 Å². The van der Waals surface area contributed by atoms with Crippen molar-refractivity contribution in [2.75, 3.05) is 13.2 Å². The number of unbranched alkanes of at least 4 members (excludes halogenated alkanes) is 5. The van der Waals surface area contributed by atoms with Crippen LogP contribution in [0.25, 0.3) is 0 Å². The monoisotopic (exact) mass is 252 g/mol. The Bertz CT molecular complexity index is 233. The van der Waals surface area contributed by atoms with Gasteiger partial charge >= 0.3 is 0 Å². The highest BCUT2D eigenvalue weighted by Crippen LogP contribution is 2.14. The third-order valence-corrected chi connectivity index (χ3v) is 3.17. The van der Waals surface area contributed by atoms with Crippen LogP contribution >= 0.6 is 0 Å². The van der Waals surface area contributed by atoms with Crippen LogP contribution in [-0.2, 0) is 9.47 Å². The zero-order valence-electron chi connectivity index (χ0n) is 11.9. The van der Waals surface area contributed by atoms with E-state index < -0.39 is 0 Å². The fourth-order valence-electron chi connectivity index (χ4n) is 2.01. The summed E-state index contributed by atoms with van der Waals surface area (Å²) in [4.78, 5) is 0. The smallest absolute Gasteiger partial charge is 0.157 e. The van der Waals surface area contributed by atoms with E-state index in [1.807, 2.05) is 0 Å². The Morgan fingerprint density at radius 3 is 2.50 bits per heavy atom. The molecule has 0 saturated carbocycles. The van der Waals surface area contributed by atoms with E-state index in [-0.39, 0.29) is 6.29 Å². The first kappa shape index (κ1) is 15.5. The molecule has 1 unspecified atom stereocenters. The Morgan fingerprint density at radius 2 is 1.83 bits per heavy atom. The van der Waals surface area contributed by atoms with Gasteiger partial charge in [-0.2, -0.15) is 0 Å². The van der Waals surface area contributed by atoms with Gasteiger partial charge in [-0.15, -0.1) is 11.8 Å². The van der Waals surface area contributed by atoms with E-state index in [1.54, 1.807) is 0 Å². The molecule has 0 bridgehead atoms. The molecule has 0 aromatic rings. The molecular weight excluding hydrogens is 224 g/mol. The van der Waals surface area contributed by atoms with E-state index in [0.29, 0.717) is 0 Å². The van der Waals surface area contributed by atoms with Crippen LogP contribution in [0.4, 0.5) is 0 Å². The lowest BCUT2D eigenvalue weighted by Gasteiger charge is -2.22. The quantitative estimate of drug-likeness (QED) is 0.474. The Labute approximate surface area is 112 Å². The number of rotatable bonds is 8. The van der Waals surface area contributed by atoms with Crippen molar-refractivity contribution < 1.29 is 9.47 Å². The summed E-state index contributed by atoms with van der Waals surface area (Å²) in [5, 5.41) is 0. The van der Waals surface area contributed by atoms with Gasteiger partial charge in [-0.3, -0.25) is 0 Å². The molecule has 1 saturated heterocycles. The van der Waals surface area contributed by atoms with Crippen molar-refractivity contribution in [3.8, 4) is 11.8 Å². The van der Waals surface area contributed by atoms with Crippen LogP contribution in [0.3, 0.4) is 0 Å². The number of ether oxygens (including phenoxy) is 2. The second-order valence-corrected chi connectivity index (χ2v) is 4.93. The summed E-state index contributed by atoms with van der Waals surface area (Å²) in [6.45, 7) is 3.92. The molecule has 104 valence electrons. The molecule has 1 aliphatic rings. The second kappa shape index (κ2) is 11.6. The van der Waals surface area contributed by atoms with Crippen molar-refractivity contribution in [3.05, 3.63) is 0 Å². The SMILES string of the molecule is CCCCCC#CCCCCOC1CCCCO1. The average Bonchev–Trinajstić information content (AvgIpc) is 2.42. The molecule has 0 aromatic carbocycles. The van der Waals surface area contributed by atoms with Gasteiger partial charge < -0.3 is 9.47 Å². The maximum atomic E-state index is 5.67. The van der Waals surface area contributed by atoms with Crippen LogP contribution < -0.4 is 0 Å². The third kappa shape index (κ3) is 8.55. The van der Waals surface area contributed by atoms with Gasteiger partial charge in [0, 0.05) is 26.1 Å². The summed E-state index contributed by atoms with van der Waals surface area (Å²) in [5.41, 5.74) is 0. The maximum Gasteiger partial charge on any atom is 0.157 e. The Balaban J connectivity index is 1.83. The Kier molecular flexibility index (Phi) is 9.98. The second-order valence-electron chi connectivity index (χ2n) is 4.93. The minimum atomic E-state index is 0.0684. The van der Waals surface area contributed by atoms with Gasteiger partial charge in [0.1, 0.15) is 0 Å². The molecule has 0 N–H and O–H groups in total. The first-order valence-corrected chi connectivity index (χ1v) is 7.62. The van der Waals surface area contributed by atoms with Gasteiger partial charge in [-0.05, 0) is 38.5 Å². The lowest BCUT2D eigenvalue weighted by atomic mass is 10.2. The summed E-state index contributed by atoms with van der Waals surface area (Å²) in [5.74, 6) is 6.49. The van der Waals surface area contributed by atoms with Gasteiger partial charge in [0.15, 0.2) is 6.29 Å². The maximum absolute atomic E-state index is 5.67. The minimum Gasteiger partial charge on any atom is -0.353 e. The van der Waals surface area contributed by atoms with Crippen LogP contribution in [0, 0.1) is 11.8 Å². The van der Waals surface area contributed by atoms with Crippen molar-refractivity contribution in [3.63, 3.8) is 0 Å². The summed E-state index contributed by atoms with van der Waals surface area (Å²) < 4.78 is 11.2. The van der Waals surface area contributed by atoms with Crippen LogP contribution in [0.2, 0.25) is 0 Å². The van der Waals surface area contributed by atoms with E-state index in [9.17, 15) is 0 Å². The molecule has 2 nitrogen and oxygen atoms in total. The van der Waals surface area contributed by atoms with E-state index >= 15 is 0 Å². The van der Waals surface area contributed by atoms with Crippen molar-refractivity contribution >= 4 is 0 Å². The molecule has 1 heterocycles. The first-order chi connectivity index (χ1) is 8.93. The fraction of sp³-hybridized carbons (Fsp3) is 0.875.